The van der Waals surface area contributed by atoms with Gasteiger partial charge in [0.2, 0.25) is 0 Å². The zero-order valence-electron chi connectivity index (χ0n) is 19.7. The molecule has 2 aliphatic carbocycles. The summed E-state index contributed by atoms with van der Waals surface area (Å²) in [5.74, 6) is 1.72. The third kappa shape index (κ3) is 6.16. The number of ketones is 1. The topological polar surface area (TPSA) is 91.5 Å². The van der Waals surface area contributed by atoms with Crippen LogP contribution in [0, 0.1) is 5.92 Å². The van der Waals surface area contributed by atoms with Gasteiger partial charge in [-0.05, 0) is 79.7 Å². The number of carbonyl (C=O) groups excluding carboxylic acids is 2. The van der Waals surface area contributed by atoms with Crippen LogP contribution in [0.4, 0.5) is 0 Å². The van der Waals surface area contributed by atoms with Crippen molar-refractivity contribution < 1.29 is 19.1 Å². The molecule has 1 atom stereocenters. The summed E-state index contributed by atoms with van der Waals surface area (Å²) in [6.07, 6.45) is 5.60. The Hall–Kier alpha value is -2.44. The number of halogens is 1. The number of rotatable bonds is 10. The van der Waals surface area contributed by atoms with Gasteiger partial charge in [-0.3, -0.25) is 9.59 Å². The number of hydrogen-bond acceptors (Lipinski definition) is 6. The molecular weight excluding hydrogens is 452 g/mol. The van der Waals surface area contributed by atoms with Gasteiger partial charge in [0.1, 0.15) is 24.2 Å². The fraction of sp³-hybridized carbons (Fsp3) is 0.519. The molecule has 0 aliphatic heterocycles. The molecule has 1 aromatic heterocycles. The molecule has 1 unspecified atom stereocenters. The first kappa shape index (κ1) is 24.7. The minimum Gasteiger partial charge on any atom is -0.486 e. The SMILES string of the molecule is CC(=O)OCC(CCl)Oc1ccc(C2CCC(C(=O)c3nc(CN)ccc3C3CC3)CC2)cc1. The maximum Gasteiger partial charge on any atom is 0.302 e. The summed E-state index contributed by atoms with van der Waals surface area (Å²) in [7, 11) is 0. The van der Waals surface area contributed by atoms with Gasteiger partial charge in [0.25, 0.3) is 0 Å². The predicted octanol–water partition coefficient (Wildman–Crippen LogP) is 5.12. The van der Waals surface area contributed by atoms with Crippen molar-refractivity contribution in [3.63, 3.8) is 0 Å². The van der Waals surface area contributed by atoms with E-state index in [2.05, 4.69) is 23.2 Å². The minimum atomic E-state index is -0.384. The van der Waals surface area contributed by atoms with Gasteiger partial charge in [-0.2, -0.15) is 0 Å². The lowest BCUT2D eigenvalue weighted by atomic mass is 9.76. The first-order valence-electron chi connectivity index (χ1n) is 12.2. The Morgan fingerprint density at radius 1 is 1.03 bits per heavy atom. The minimum absolute atomic E-state index is 0.0302. The lowest BCUT2D eigenvalue weighted by molar-refractivity contribution is -0.143. The molecule has 4 rings (SSSR count). The number of aromatic nitrogens is 1. The maximum atomic E-state index is 13.4. The molecule has 6 nitrogen and oxygen atoms in total. The number of carbonyl (C=O) groups is 2. The van der Waals surface area contributed by atoms with Crippen LogP contribution in [0.2, 0.25) is 0 Å². The molecule has 0 amide bonds. The van der Waals surface area contributed by atoms with Crippen molar-refractivity contribution in [1.82, 2.24) is 4.98 Å². The van der Waals surface area contributed by atoms with Gasteiger partial charge in [-0.15, -0.1) is 11.6 Å². The smallest absolute Gasteiger partial charge is 0.302 e. The highest BCUT2D eigenvalue weighted by Crippen LogP contribution is 2.43. The van der Waals surface area contributed by atoms with Crippen LogP contribution >= 0.6 is 11.6 Å². The Balaban J connectivity index is 1.34. The van der Waals surface area contributed by atoms with E-state index in [1.165, 1.54) is 12.5 Å². The molecule has 182 valence electrons. The maximum absolute atomic E-state index is 13.4. The van der Waals surface area contributed by atoms with E-state index in [1.54, 1.807) is 0 Å². The van der Waals surface area contributed by atoms with Crippen LogP contribution in [-0.4, -0.2) is 35.3 Å². The third-order valence-electron chi connectivity index (χ3n) is 6.84. The molecule has 2 fully saturated rings. The number of nitrogens with zero attached hydrogens (tertiary/aromatic N) is 1. The van der Waals surface area contributed by atoms with Crippen LogP contribution in [0.5, 0.6) is 5.75 Å². The number of pyridine rings is 1. The average molecular weight is 485 g/mol. The van der Waals surface area contributed by atoms with Crippen molar-refractivity contribution >= 4 is 23.4 Å². The largest absolute Gasteiger partial charge is 0.486 e. The van der Waals surface area contributed by atoms with Gasteiger partial charge in [-0.1, -0.05) is 18.2 Å². The number of benzene rings is 1. The van der Waals surface area contributed by atoms with Crippen LogP contribution in [0.3, 0.4) is 0 Å². The molecule has 0 radical (unpaired) electrons. The molecule has 34 heavy (non-hydrogen) atoms. The van der Waals surface area contributed by atoms with Gasteiger partial charge >= 0.3 is 5.97 Å². The van der Waals surface area contributed by atoms with Crippen LogP contribution in [0.25, 0.3) is 0 Å². The molecule has 2 N–H and O–H groups in total. The summed E-state index contributed by atoms with van der Waals surface area (Å²) in [6.45, 7) is 1.85. The number of alkyl halides is 1. The fourth-order valence-corrected chi connectivity index (χ4v) is 4.91. The number of Topliss-reactive ketones (excluding diaryl/α,β-unsaturated/α-hetero) is 1. The lowest BCUT2D eigenvalue weighted by Crippen LogP contribution is -2.26. The molecule has 0 bridgehead atoms. The number of ether oxygens (including phenoxy) is 2. The van der Waals surface area contributed by atoms with Crippen molar-refractivity contribution in [2.45, 2.75) is 69.9 Å². The van der Waals surface area contributed by atoms with Crippen LogP contribution in [-0.2, 0) is 16.1 Å². The summed E-state index contributed by atoms with van der Waals surface area (Å²) in [4.78, 5) is 29.0. The number of esters is 1. The Morgan fingerprint density at radius 3 is 2.29 bits per heavy atom. The quantitative estimate of drug-likeness (QED) is 0.286. The zero-order chi connectivity index (χ0) is 24.1. The van der Waals surface area contributed by atoms with Gasteiger partial charge in [0.15, 0.2) is 5.78 Å². The van der Waals surface area contributed by atoms with Crippen LogP contribution in [0.1, 0.15) is 84.6 Å². The standard InChI is InChI=1S/C27H33ClN2O4/c1-17(31)33-16-24(14-28)34-23-11-8-19(9-12-23)18-2-6-21(7-3-18)27(32)26-25(20-4-5-20)13-10-22(15-29)30-26/h8-13,18,20-21,24H,2-7,14-16,29H2,1H3. The third-order valence-corrected chi connectivity index (χ3v) is 7.18. The molecule has 1 heterocycles. The monoisotopic (exact) mass is 484 g/mol. The molecule has 0 saturated heterocycles. The van der Waals surface area contributed by atoms with Gasteiger partial charge in [-0.25, -0.2) is 4.98 Å². The van der Waals surface area contributed by atoms with Crippen molar-refractivity contribution in [2.75, 3.05) is 12.5 Å². The van der Waals surface area contributed by atoms with Gasteiger partial charge < -0.3 is 15.2 Å². The van der Waals surface area contributed by atoms with E-state index in [0.717, 1.165) is 49.8 Å². The zero-order valence-corrected chi connectivity index (χ0v) is 20.4. The van der Waals surface area contributed by atoms with Crippen LogP contribution < -0.4 is 10.5 Å². The van der Waals surface area contributed by atoms with E-state index in [-0.39, 0.29) is 36.3 Å². The van der Waals surface area contributed by atoms with Crippen LogP contribution in [0.15, 0.2) is 36.4 Å². The summed E-state index contributed by atoms with van der Waals surface area (Å²) >= 11 is 5.93. The summed E-state index contributed by atoms with van der Waals surface area (Å²) in [5.41, 5.74) is 9.60. The lowest BCUT2D eigenvalue weighted by Gasteiger charge is -2.28. The highest BCUT2D eigenvalue weighted by molar-refractivity contribution is 6.18. The Morgan fingerprint density at radius 2 is 1.71 bits per heavy atom. The Kier molecular flexibility index (Phi) is 8.22. The second-order valence-corrected chi connectivity index (χ2v) is 9.71. The molecule has 7 heteroatoms. The molecule has 2 aromatic rings. The predicted molar refractivity (Wildman–Crippen MR) is 131 cm³/mol. The fourth-order valence-electron chi connectivity index (χ4n) is 4.76. The van der Waals surface area contributed by atoms with Crippen molar-refractivity contribution in [2.24, 2.45) is 11.7 Å². The second kappa shape index (κ2) is 11.3. The van der Waals surface area contributed by atoms with E-state index < -0.39 is 0 Å². The van der Waals surface area contributed by atoms with Crippen molar-refractivity contribution in [1.29, 1.82) is 0 Å². The number of nitrogens with two attached hydrogens (primary N) is 1. The van der Waals surface area contributed by atoms with E-state index in [4.69, 9.17) is 26.8 Å². The summed E-state index contributed by atoms with van der Waals surface area (Å²) in [5, 5.41) is 0. The van der Waals surface area contributed by atoms with Crippen molar-refractivity contribution in [3.8, 4) is 5.75 Å². The molecular formula is C27H33ClN2O4. The van der Waals surface area contributed by atoms with Gasteiger partial charge in [0.05, 0.1) is 11.6 Å². The molecule has 2 saturated carbocycles. The van der Waals surface area contributed by atoms with E-state index >= 15 is 0 Å². The highest BCUT2D eigenvalue weighted by Gasteiger charge is 2.33. The summed E-state index contributed by atoms with van der Waals surface area (Å²) < 4.78 is 10.8. The highest BCUT2D eigenvalue weighted by atomic mass is 35.5. The van der Waals surface area contributed by atoms with E-state index in [1.807, 2.05) is 18.2 Å². The summed E-state index contributed by atoms with van der Waals surface area (Å²) in [6, 6.07) is 12.1. The first-order chi connectivity index (χ1) is 16.5. The second-order valence-electron chi connectivity index (χ2n) is 9.40. The number of hydrogen-bond donors (Lipinski definition) is 1. The van der Waals surface area contributed by atoms with Gasteiger partial charge in [0, 0.05) is 19.4 Å². The first-order valence-corrected chi connectivity index (χ1v) is 12.7. The molecule has 1 aromatic carbocycles. The van der Waals surface area contributed by atoms with E-state index in [9.17, 15) is 9.59 Å². The molecule has 2 aliphatic rings. The Labute approximate surface area is 206 Å². The van der Waals surface area contributed by atoms with Crippen molar-refractivity contribution in [3.05, 3.63) is 58.9 Å². The molecule has 0 spiro atoms. The van der Waals surface area contributed by atoms with E-state index in [0.29, 0.717) is 29.8 Å². The average Bonchev–Trinajstić information content (AvgIpc) is 3.71. The normalized spacial score (nSPS) is 21.0. The Bertz CT molecular complexity index is 998.